The molecular weight excluding hydrogens is 695 g/mol. The van der Waals surface area contributed by atoms with E-state index in [1.54, 1.807) is 0 Å². The van der Waals surface area contributed by atoms with E-state index in [4.69, 9.17) is 9.97 Å². The van der Waals surface area contributed by atoms with Gasteiger partial charge in [0.05, 0.1) is 22.6 Å². The molecule has 3 atom stereocenters. The van der Waals surface area contributed by atoms with Gasteiger partial charge in [0.25, 0.3) is 5.56 Å². The third-order valence-electron chi connectivity index (χ3n) is 12.2. The van der Waals surface area contributed by atoms with Crippen LogP contribution in [0.2, 0.25) is 0 Å². The van der Waals surface area contributed by atoms with Gasteiger partial charge in [-0.25, -0.2) is 4.98 Å². The van der Waals surface area contributed by atoms with Crippen LogP contribution in [0.5, 0.6) is 0 Å². The second-order valence-corrected chi connectivity index (χ2v) is 15.6. The summed E-state index contributed by atoms with van der Waals surface area (Å²) in [5, 5.41) is 2.91. The molecule has 3 aromatic heterocycles. The zero-order chi connectivity index (χ0) is 37.9. The minimum atomic E-state index is 0.0367. The lowest BCUT2D eigenvalue weighted by Crippen LogP contribution is -2.25. The van der Waals surface area contributed by atoms with Crippen LogP contribution >= 0.6 is 0 Å². The summed E-state index contributed by atoms with van der Waals surface area (Å²) in [5.74, 6) is 0.240. The molecule has 0 spiro atoms. The van der Waals surface area contributed by atoms with E-state index in [2.05, 4.69) is 162 Å². The Morgan fingerprint density at radius 3 is 1.79 bits per heavy atom. The third kappa shape index (κ3) is 5.79. The summed E-state index contributed by atoms with van der Waals surface area (Å²) >= 11 is 0. The van der Waals surface area contributed by atoms with Crippen molar-refractivity contribution in [1.29, 1.82) is 0 Å². The topological polar surface area (TPSA) is 47.8 Å². The maximum atomic E-state index is 14.5. The van der Waals surface area contributed by atoms with Crippen molar-refractivity contribution < 1.29 is 0 Å². The molecule has 3 aliphatic rings. The monoisotopic (exact) mass is 733 g/mol. The standard InChI is InChI=1S/C53H39N3O/c57-53-43-24-14-13-23-42(43)45-28-39(41-32-49(36-19-9-3-10-20-36)55-50(33-41)37-21-11-4-12-22-37)29-46-44-27-38(25-26-51(44)56(53)52(45)46)40-30-47(34-15-5-1-6-16-34)54-48(31-40)35-17-7-2-8-18-35/h1-21,23-24,27-33,37,44,51H,22,25-26H2. The molecule has 1 aliphatic heterocycles. The Kier molecular flexibility index (Phi) is 8.02. The van der Waals surface area contributed by atoms with Crippen molar-refractivity contribution in [1.82, 2.24) is 14.5 Å². The summed E-state index contributed by atoms with van der Waals surface area (Å²) in [5.41, 5.74) is 14.4. The van der Waals surface area contributed by atoms with E-state index in [0.717, 1.165) is 91.5 Å². The van der Waals surface area contributed by atoms with E-state index in [-0.39, 0.29) is 23.4 Å². The van der Waals surface area contributed by atoms with Crippen molar-refractivity contribution >= 4 is 27.2 Å². The molecule has 4 nitrogen and oxygen atoms in total. The Morgan fingerprint density at radius 1 is 0.544 bits per heavy atom. The maximum Gasteiger partial charge on any atom is 0.259 e. The predicted molar refractivity (Wildman–Crippen MR) is 234 cm³/mol. The molecule has 4 heteroatoms. The van der Waals surface area contributed by atoms with Crippen LogP contribution in [0.15, 0.2) is 187 Å². The number of pyridine rings is 3. The van der Waals surface area contributed by atoms with Crippen LogP contribution < -0.4 is 5.56 Å². The molecule has 272 valence electrons. The second-order valence-electron chi connectivity index (χ2n) is 15.6. The number of aromatic nitrogens is 3. The van der Waals surface area contributed by atoms with Gasteiger partial charge in [-0.2, -0.15) is 0 Å². The molecule has 0 saturated heterocycles. The molecule has 4 heterocycles. The first kappa shape index (κ1) is 33.4. The molecule has 0 N–H and O–H groups in total. The maximum absolute atomic E-state index is 14.5. The fourth-order valence-electron chi connectivity index (χ4n) is 9.42. The van der Waals surface area contributed by atoms with E-state index in [9.17, 15) is 4.79 Å². The Labute approximate surface area is 331 Å². The van der Waals surface area contributed by atoms with Gasteiger partial charge in [0, 0.05) is 51.0 Å². The van der Waals surface area contributed by atoms with Crippen molar-refractivity contribution in [3.8, 4) is 44.9 Å². The number of allylic oxidation sites excluding steroid dienone is 6. The summed E-state index contributed by atoms with van der Waals surface area (Å²) in [7, 11) is 0. The Morgan fingerprint density at radius 2 is 1.14 bits per heavy atom. The Bertz CT molecular complexity index is 2960. The molecule has 0 amide bonds. The van der Waals surface area contributed by atoms with E-state index >= 15 is 0 Å². The number of fused-ring (bicyclic) bond motifs is 5. The second kappa shape index (κ2) is 13.7. The predicted octanol–water partition coefficient (Wildman–Crippen LogP) is 12.7. The van der Waals surface area contributed by atoms with Crippen LogP contribution in [0.1, 0.15) is 54.0 Å². The van der Waals surface area contributed by atoms with E-state index in [1.807, 2.05) is 24.3 Å². The van der Waals surface area contributed by atoms with Crippen LogP contribution in [0.3, 0.4) is 0 Å². The first-order chi connectivity index (χ1) is 28.2. The van der Waals surface area contributed by atoms with Gasteiger partial charge in [-0.3, -0.25) is 9.78 Å². The normalized spacial score (nSPS) is 18.2. The first-order valence-electron chi connectivity index (χ1n) is 20.0. The molecule has 0 radical (unpaired) electrons. The highest BCUT2D eigenvalue weighted by Gasteiger charge is 2.38. The van der Waals surface area contributed by atoms with Crippen LogP contribution in [-0.4, -0.2) is 14.5 Å². The molecule has 11 rings (SSSR count). The third-order valence-corrected chi connectivity index (χ3v) is 12.2. The summed E-state index contributed by atoms with van der Waals surface area (Å²) in [6, 6.07) is 53.3. The zero-order valence-corrected chi connectivity index (χ0v) is 31.4. The Hall–Kier alpha value is -6.91. The van der Waals surface area contributed by atoms with Crippen molar-refractivity contribution in [3.05, 3.63) is 209 Å². The highest BCUT2D eigenvalue weighted by Crippen LogP contribution is 2.51. The van der Waals surface area contributed by atoms with Crippen LogP contribution in [0.25, 0.3) is 72.1 Å². The van der Waals surface area contributed by atoms with Crippen LogP contribution in [0.4, 0.5) is 0 Å². The number of nitrogens with zero attached hydrogens (tertiary/aromatic N) is 3. The lowest BCUT2D eigenvalue weighted by atomic mass is 9.80. The van der Waals surface area contributed by atoms with Crippen molar-refractivity contribution in [2.75, 3.05) is 0 Å². The van der Waals surface area contributed by atoms with Gasteiger partial charge in [0.2, 0.25) is 0 Å². The van der Waals surface area contributed by atoms with Gasteiger partial charge in [-0.05, 0) is 94.9 Å². The summed E-state index contributed by atoms with van der Waals surface area (Å²) < 4.78 is 2.14. The lowest BCUT2D eigenvalue weighted by molar-refractivity contribution is 0.449. The number of benzene rings is 5. The average molecular weight is 734 g/mol. The smallest absolute Gasteiger partial charge is 0.259 e. The van der Waals surface area contributed by atoms with Gasteiger partial charge in [0.15, 0.2) is 0 Å². The fraction of sp³-hybridized carbons (Fsp3) is 0.113. The molecule has 5 aromatic carbocycles. The number of hydrogen-bond acceptors (Lipinski definition) is 3. The molecule has 8 aromatic rings. The highest BCUT2D eigenvalue weighted by atomic mass is 16.1. The van der Waals surface area contributed by atoms with Gasteiger partial charge in [-0.1, -0.05) is 140 Å². The van der Waals surface area contributed by atoms with E-state index in [1.165, 1.54) is 16.7 Å². The van der Waals surface area contributed by atoms with Crippen LogP contribution in [0, 0.1) is 0 Å². The summed E-state index contributed by atoms with van der Waals surface area (Å²) in [4.78, 5) is 24.9. The first-order valence-corrected chi connectivity index (χ1v) is 20.0. The molecule has 2 aliphatic carbocycles. The fourth-order valence-corrected chi connectivity index (χ4v) is 9.42. The van der Waals surface area contributed by atoms with E-state index in [0.29, 0.717) is 0 Å². The van der Waals surface area contributed by atoms with Gasteiger partial charge in [0.1, 0.15) is 0 Å². The molecule has 0 saturated carbocycles. The molecule has 0 bridgehead atoms. The largest absolute Gasteiger partial charge is 0.303 e. The summed E-state index contributed by atoms with van der Waals surface area (Å²) in [6.45, 7) is 0. The van der Waals surface area contributed by atoms with Crippen molar-refractivity contribution in [3.63, 3.8) is 0 Å². The summed E-state index contributed by atoms with van der Waals surface area (Å²) in [6.07, 6.45) is 13.9. The highest BCUT2D eigenvalue weighted by molar-refractivity contribution is 6.09. The minimum Gasteiger partial charge on any atom is -0.303 e. The molecular formula is C53H39N3O. The average Bonchev–Trinajstić information content (AvgIpc) is 3.63. The number of rotatable bonds is 6. The zero-order valence-electron chi connectivity index (χ0n) is 31.4. The van der Waals surface area contributed by atoms with E-state index < -0.39 is 0 Å². The van der Waals surface area contributed by atoms with Crippen LogP contribution in [-0.2, 0) is 0 Å². The number of hydrogen-bond donors (Lipinski definition) is 0. The van der Waals surface area contributed by atoms with Crippen molar-refractivity contribution in [2.24, 2.45) is 0 Å². The minimum absolute atomic E-state index is 0.0367. The van der Waals surface area contributed by atoms with Gasteiger partial charge < -0.3 is 4.57 Å². The molecule has 3 unspecified atom stereocenters. The molecule has 57 heavy (non-hydrogen) atoms. The van der Waals surface area contributed by atoms with Gasteiger partial charge >= 0.3 is 0 Å². The van der Waals surface area contributed by atoms with Crippen molar-refractivity contribution in [2.45, 2.75) is 37.1 Å². The van der Waals surface area contributed by atoms with Gasteiger partial charge in [-0.15, -0.1) is 0 Å². The quantitative estimate of drug-likeness (QED) is 0.160. The lowest BCUT2D eigenvalue weighted by Gasteiger charge is -2.27. The Balaban J connectivity index is 1.12. The SMILES string of the molecule is O=c1c2ccccc2c2cc(-c3cc(-c4ccccc4)nc(C4C=CC=CC4)c3)cc3c2n1C1CCC(c2cc(-c4ccccc4)nc(-c4ccccc4)c2)=CC31. The molecule has 0 fully saturated rings.